The number of halogens is 2. The van der Waals surface area contributed by atoms with E-state index >= 15 is 0 Å². The lowest BCUT2D eigenvalue weighted by Crippen LogP contribution is -2.05. The van der Waals surface area contributed by atoms with Crippen molar-refractivity contribution < 1.29 is 9.53 Å². The quantitative estimate of drug-likeness (QED) is 0.879. The highest BCUT2D eigenvalue weighted by Crippen LogP contribution is 2.15. The minimum Gasteiger partial charge on any atom is -0.466 e. The van der Waals surface area contributed by atoms with Crippen LogP contribution in [0.4, 0.5) is 5.69 Å². The topological polar surface area (TPSA) is 69.6 Å². The fourth-order valence-electron chi connectivity index (χ4n) is 1.92. The number of nitrogen functional groups attached to an aromatic ring is 1. The van der Waals surface area contributed by atoms with Gasteiger partial charge in [-0.2, -0.15) is 0 Å². The Morgan fingerprint density at radius 3 is 2.75 bits per heavy atom. The standard InChI is InChI=1S/C13H17N3O2.2ClH/c1-3-18-13(17)7-5-11-9(2)16-8-10(14)4-6-12(16)15-11;;/h4,6,8H,3,5,7,14H2,1-2H3;2*1H. The number of pyridine rings is 1. The molecule has 20 heavy (non-hydrogen) atoms. The fraction of sp³-hybridized carbons (Fsp3) is 0.385. The Hall–Kier alpha value is -1.46. The van der Waals surface area contributed by atoms with E-state index in [9.17, 15) is 4.79 Å². The smallest absolute Gasteiger partial charge is 0.306 e. The molecule has 0 atom stereocenters. The third-order valence-corrected chi connectivity index (χ3v) is 2.85. The van der Waals surface area contributed by atoms with E-state index in [0.29, 0.717) is 25.1 Å². The first-order valence-corrected chi connectivity index (χ1v) is 6.00. The molecule has 0 saturated carbocycles. The molecule has 0 amide bonds. The van der Waals surface area contributed by atoms with E-state index < -0.39 is 0 Å². The number of aryl methyl sites for hydroxylation is 2. The van der Waals surface area contributed by atoms with Gasteiger partial charge in [0.25, 0.3) is 0 Å². The third kappa shape index (κ3) is 4.02. The number of nitrogens with zero attached hydrogens (tertiary/aromatic N) is 2. The van der Waals surface area contributed by atoms with Gasteiger partial charge in [0, 0.05) is 24.0 Å². The number of rotatable bonds is 4. The predicted molar refractivity (Wildman–Crippen MR) is 83.8 cm³/mol. The maximum atomic E-state index is 11.3. The molecule has 2 rings (SSSR count). The molecule has 0 saturated heterocycles. The van der Waals surface area contributed by atoms with Crippen LogP contribution in [0.2, 0.25) is 0 Å². The van der Waals surface area contributed by atoms with Crippen molar-refractivity contribution in [1.29, 1.82) is 0 Å². The Balaban J connectivity index is 0.00000180. The summed E-state index contributed by atoms with van der Waals surface area (Å²) in [5.74, 6) is -0.187. The van der Waals surface area contributed by atoms with Gasteiger partial charge in [-0.3, -0.25) is 4.79 Å². The lowest BCUT2D eigenvalue weighted by molar-refractivity contribution is -0.143. The lowest BCUT2D eigenvalue weighted by atomic mass is 10.2. The minimum absolute atomic E-state index is 0. The number of imidazole rings is 1. The van der Waals surface area contributed by atoms with Crippen LogP contribution in [0.5, 0.6) is 0 Å². The molecule has 0 spiro atoms. The largest absolute Gasteiger partial charge is 0.466 e. The molecular formula is C13H19Cl2N3O2. The summed E-state index contributed by atoms with van der Waals surface area (Å²) in [6.07, 6.45) is 2.78. The second-order valence-electron chi connectivity index (χ2n) is 4.14. The number of carbonyl (C=O) groups excluding carboxylic acids is 1. The number of ether oxygens (including phenoxy) is 1. The number of nitrogens with two attached hydrogens (primary N) is 1. The predicted octanol–water partition coefficient (Wildman–Crippen LogP) is 2.56. The zero-order valence-corrected chi connectivity index (χ0v) is 13.1. The van der Waals surface area contributed by atoms with Crippen molar-refractivity contribution in [3.8, 4) is 0 Å². The van der Waals surface area contributed by atoms with Crippen LogP contribution in [0, 0.1) is 6.92 Å². The van der Waals surface area contributed by atoms with Crippen LogP contribution >= 0.6 is 24.8 Å². The molecule has 112 valence electrons. The van der Waals surface area contributed by atoms with Crippen LogP contribution in [0.3, 0.4) is 0 Å². The Bertz CT molecular complexity index is 584. The van der Waals surface area contributed by atoms with Crippen LogP contribution in [-0.2, 0) is 16.0 Å². The number of hydrogen-bond donors (Lipinski definition) is 1. The van der Waals surface area contributed by atoms with Crippen LogP contribution in [-0.4, -0.2) is 22.0 Å². The highest BCUT2D eigenvalue weighted by Gasteiger charge is 2.10. The molecule has 0 fully saturated rings. The highest BCUT2D eigenvalue weighted by atomic mass is 35.5. The third-order valence-electron chi connectivity index (χ3n) is 2.85. The van der Waals surface area contributed by atoms with Crippen LogP contribution < -0.4 is 5.73 Å². The Labute approximate surface area is 130 Å². The van der Waals surface area contributed by atoms with E-state index in [4.69, 9.17) is 10.5 Å². The highest BCUT2D eigenvalue weighted by molar-refractivity contribution is 5.85. The van der Waals surface area contributed by atoms with Crippen molar-refractivity contribution >= 4 is 42.1 Å². The van der Waals surface area contributed by atoms with Gasteiger partial charge in [0.1, 0.15) is 5.65 Å². The van der Waals surface area contributed by atoms with Crippen molar-refractivity contribution in [2.24, 2.45) is 0 Å². The van der Waals surface area contributed by atoms with Crippen molar-refractivity contribution in [2.45, 2.75) is 26.7 Å². The molecule has 2 heterocycles. The molecule has 0 aliphatic carbocycles. The molecule has 5 nitrogen and oxygen atoms in total. The van der Waals surface area contributed by atoms with E-state index in [0.717, 1.165) is 17.0 Å². The number of hydrogen-bond acceptors (Lipinski definition) is 4. The maximum Gasteiger partial charge on any atom is 0.306 e. The Kier molecular flexibility index (Phi) is 7.39. The number of esters is 1. The SMILES string of the molecule is CCOC(=O)CCc1nc2ccc(N)cn2c1C.Cl.Cl. The van der Waals surface area contributed by atoms with Crippen LogP contribution in [0.1, 0.15) is 24.7 Å². The first kappa shape index (κ1) is 18.5. The van der Waals surface area contributed by atoms with Crippen molar-refractivity contribution in [3.63, 3.8) is 0 Å². The van der Waals surface area contributed by atoms with Gasteiger partial charge in [0.15, 0.2) is 0 Å². The maximum absolute atomic E-state index is 11.3. The first-order chi connectivity index (χ1) is 8.61. The molecule has 2 N–H and O–H groups in total. The number of fused-ring (bicyclic) bond motifs is 1. The molecule has 0 aromatic carbocycles. The molecule has 0 bridgehead atoms. The Morgan fingerprint density at radius 1 is 1.40 bits per heavy atom. The first-order valence-electron chi connectivity index (χ1n) is 6.00. The average molecular weight is 320 g/mol. The van der Waals surface area contributed by atoms with Gasteiger partial charge in [-0.1, -0.05) is 0 Å². The van der Waals surface area contributed by atoms with Gasteiger partial charge in [0.05, 0.1) is 18.7 Å². The summed E-state index contributed by atoms with van der Waals surface area (Å²) in [6.45, 7) is 4.19. The molecule has 0 unspecified atom stereocenters. The fourth-order valence-corrected chi connectivity index (χ4v) is 1.92. The summed E-state index contributed by atoms with van der Waals surface area (Å²) in [6, 6.07) is 3.69. The van der Waals surface area contributed by atoms with Gasteiger partial charge in [-0.05, 0) is 26.0 Å². The summed E-state index contributed by atoms with van der Waals surface area (Å²) in [5, 5.41) is 0. The van der Waals surface area contributed by atoms with Crippen LogP contribution in [0.15, 0.2) is 18.3 Å². The zero-order chi connectivity index (χ0) is 13.1. The minimum atomic E-state index is -0.187. The van der Waals surface area contributed by atoms with Gasteiger partial charge in [-0.25, -0.2) is 4.98 Å². The zero-order valence-electron chi connectivity index (χ0n) is 11.5. The molecule has 0 aliphatic heterocycles. The van der Waals surface area contributed by atoms with Gasteiger partial charge < -0.3 is 14.9 Å². The monoisotopic (exact) mass is 319 g/mol. The van der Waals surface area contributed by atoms with Crippen molar-refractivity contribution in [2.75, 3.05) is 12.3 Å². The second kappa shape index (κ2) is 7.97. The van der Waals surface area contributed by atoms with Crippen molar-refractivity contribution in [3.05, 3.63) is 29.7 Å². The Morgan fingerprint density at radius 2 is 2.10 bits per heavy atom. The van der Waals surface area contributed by atoms with E-state index in [1.807, 2.05) is 29.7 Å². The number of anilines is 1. The summed E-state index contributed by atoms with van der Waals surface area (Å²) in [5.41, 5.74) is 9.21. The number of carbonyl (C=O) groups is 1. The van der Waals surface area contributed by atoms with Crippen molar-refractivity contribution in [1.82, 2.24) is 9.38 Å². The molecule has 2 aromatic heterocycles. The van der Waals surface area contributed by atoms with Gasteiger partial charge >= 0.3 is 5.97 Å². The lowest BCUT2D eigenvalue weighted by Gasteiger charge is -2.01. The average Bonchev–Trinajstić information content (AvgIpc) is 2.64. The van der Waals surface area contributed by atoms with E-state index in [2.05, 4.69) is 4.98 Å². The van der Waals surface area contributed by atoms with E-state index in [-0.39, 0.29) is 30.8 Å². The molecule has 7 heteroatoms. The summed E-state index contributed by atoms with van der Waals surface area (Å²) in [4.78, 5) is 15.8. The normalized spacial score (nSPS) is 9.70. The molecule has 0 radical (unpaired) electrons. The van der Waals surface area contributed by atoms with E-state index in [1.54, 1.807) is 6.92 Å². The second-order valence-corrected chi connectivity index (χ2v) is 4.14. The van der Waals surface area contributed by atoms with Crippen LogP contribution in [0.25, 0.3) is 5.65 Å². The molecule has 2 aromatic rings. The van der Waals surface area contributed by atoms with Gasteiger partial charge in [0.2, 0.25) is 0 Å². The summed E-state index contributed by atoms with van der Waals surface area (Å²) in [7, 11) is 0. The molecule has 0 aliphatic rings. The molecular weight excluding hydrogens is 301 g/mol. The summed E-state index contributed by atoms with van der Waals surface area (Å²) < 4.78 is 6.84. The van der Waals surface area contributed by atoms with Gasteiger partial charge in [-0.15, -0.1) is 24.8 Å². The van der Waals surface area contributed by atoms with E-state index in [1.165, 1.54) is 0 Å². The number of aromatic nitrogens is 2. The summed E-state index contributed by atoms with van der Waals surface area (Å²) >= 11 is 0.